The number of amides is 2. The summed E-state index contributed by atoms with van der Waals surface area (Å²) in [6.45, 7) is 0.554. The second kappa shape index (κ2) is 12.1. The molecule has 0 saturated carbocycles. The summed E-state index contributed by atoms with van der Waals surface area (Å²) in [5.41, 5.74) is 5.04. The Balaban J connectivity index is 1.30. The largest absolute Gasteiger partial charge is 0.311 e. The number of nitrogens with zero attached hydrogens (tertiary/aromatic N) is 6. The molecule has 0 fully saturated rings. The zero-order valence-electron chi connectivity index (χ0n) is 23.1. The van der Waals surface area contributed by atoms with Crippen molar-refractivity contribution in [3.8, 4) is 16.5 Å². The van der Waals surface area contributed by atoms with Crippen LogP contribution in [-0.4, -0.2) is 38.4 Å². The molecular weight excluding hydrogens is 558 g/mol. The predicted octanol–water partition coefficient (Wildman–Crippen LogP) is 6.20. The molecule has 0 aliphatic heterocycles. The third-order valence-corrected chi connectivity index (χ3v) is 8.13. The number of hydrogen-bond acceptors (Lipinski definition) is 7. The van der Waals surface area contributed by atoms with Crippen molar-refractivity contribution in [2.24, 2.45) is 0 Å². The molecule has 0 bridgehead atoms. The highest BCUT2D eigenvalue weighted by Crippen LogP contribution is 2.30. The van der Waals surface area contributed by atoms with Crippen molar-refractivity contribution in [2.45, 2.75) is 13.0 Å². The lowest BCUT2D eigenvalue weighted by Crippen LogP contribution is -2.26. The third kappa shape index (κ3) is 5.88. The highest BCUT2D eigenvalue weighted by atomic mass is 32.1. The number of carbonyl (C=O) groups is 2. The second-order valence-electron chi connectivity index (χ2n) is 9.79. The maximum atomic E-state index is 13.4. The zero-order valence-corrected chi connectivity index (χ0v) is 24.0. The number of aromatic nitrogens is 4. The molecule has 0 unspecified atom stereocenters. The molecule has 2 amide bonds. The summed E-state index contributed by atoms with van der Waals surface area (Å²) in [6, 6.07) is 26.1. The fourth-order valence-electron chi connectivity index (χ4n) is 4.74. The highest BCUT2D eigenvalue weighted by Gasteiger charge is 2.19. The van der Waals surface area contributed by atoms with Crippen LogP contribution in [0.5, 0.6) is 0 Å². The summed E-state index contributed by atoms with van der Waals surface area (Å²) in [6.07, 6.45) is 7.41. The predicted molar refractivity (Wildman–Crippen MR) is 167 cm³/mol. The lowest BCUT2D eigenvalue weighted by molar-refractivity contribution is 0.0991. The van der Waals surface area contributed by atoms with Gasteiger partial charge in [-0.2, -0.15) is 5.26 Å². The van der Waals surface area contributed by atoms with Crippen molar-refractivity contribution in [3.63, 3.8) is 0 Å². The van der Waals surface area contributed by atoms with Gasteiger partial charge in [0.2, 0.25) is 5.95 Å². The first-order chi connectivity index (χ1) is 21.0. The molecule has 0 atom stereocenters. The molecule has 1 N–H and O–H groups in total. The first-order valence-electron chi connectivity index (χ1n) is 13.5. The van der Waals surface area contributed by atoms with E-state index in [2.05, 4.69) is 21.4 Å². The summed E-state index contributed by atoms with van der Waals surface area (Å²) in [5, 5.41) is 12.2. The monoisotopic (exact) mass is 583 g/mol. The topological polar surface area (TPSA) is 117 Å². The van der Waals surface area contributed by atoms with Gasteiger partial charge in [0.15, 0.2) is 0 Å². The van der Waals surface area contributed by atoms with Crippen LogP contribution < -0.4 is 10.2 Å². The van der Waals surface area contributed by atoms with E-state index in [4.69, 9.17) is 4.98 Å². The molecule has 0 radical (unpaired) electrons. The van der Waals surface area contributed by atoms with Crippen molar-refractivity contribution in [1.82, 2.24) is 19.5 Å². The number of imidazole rings is 1. The van der Waals surface area contributed by atoms with Crippen LogP contribution in [0.2, 0.25) is 0 Å². The number of carbonyl (C=O) groups excluding carboxylic acids is 2. The molecule has 4 aromatic heterocycles. The Kier molecular flexibility index (Phi) is 7.72. The Bertz CT molecular complexity index is 1980. The number of benzene rings is 2. The maximum absolute atomic E-state index is 13.4. The molecule has 43 heavy (non-hydrogen) atoms. The van der Waals surface area contributed by atoms with E-state index < -0.39 is 0 Å². The Morgan fingerprint density at radius 1 is 0.977 bits per heavy atom. The number of nitrogens with one attached hydrogen (secondary N) is 1. The number of thiophene rings is 1. The molecular formula is C33H25N7O2S. The molecule has 0 saturated heterocycles. The number of hydrogen-bond donors (Lipinski definition) is 1. The maximum Gasteiger partial charge on any atom is 0.268 e. The second-order valence-corrected chi connectivity index (χ2v) is 10.9. The molecule has 2 aromatic carbocycles. The molecule has 0 spiro atoms. The van der Waals surface area contributed by atoms with Crippen molar-refractivity contribution >= 4 is 45.8 Å². The van der Waals surface area contributed by atoms with Gasteiger partial charge in [0, 0.05) is 60.1 Å². The molecule has 6 aromatic rings. The Morgan fingerprint density at radius 3 is 2.63 bits per heavy atom. The molecule has 210 valence electrons. The van der Waals surface area contributed by atoms with Gasteiger partial charge in [-0.3, -0.25) is 24.9 Å². The fraction of sp³-hybridized carbons (Fsp3) is 0.0909. The van der Waals surface area contributed by atoms with Gasteiger partial charge in [0.25, 0.3) is 11.8 Å². The first-order valence-corrected chi connectivity index (χ1v) is 14.3. The van der Waals surface area contributed by atoms with Gasteiger partial charge in [-0.1, -0.05) is 24.3 Å². The number of nitriles is 1. The van der Waals surface area contributed by atoms with Crippen molar-refractivity contribution in [1.29, 1.82) is 5.26 Å². The van der Waals surface area contributed by atoms with E-state index in [-0.39, 0.29) is 11.8 Å². The average molecular weight is 584 g/mol. The molecule has 9 nitrogen and oxygen atoms in total. The van der Waals surface area contributed by atoms with E-state index in [1.165, 1.54) is 17.5 Å². The van der Waals surface area contributed by atoms with Gasteiger partial charge in [-0.25, -0.2) is 4.98 Å². The van der Waals surface area contributed by atoms with Crippen molar-refractivity contribution in [3.05, 3.63) is 125 Å². The molecule has 0 aliphatic carbocycles. The smallest absolute Gasteiger partial charge is 0.268 e. The van der Waals surface area contributed by atoms with Gasteiger partial charge in [-0.15, -0.1) is 11.3 Å². The minimum Gasteiger partial charge on any atom is -0.311 e. The SMILES string of the molecule is CN(C(=O)c1ccccc1)c1ccc2c(c1)nc(NC(=O)c1ccc(-c3cncc(C#N)c3)s1)n2CCc1cccnc1. The van der Waals surface area contributed by atoms with Crippen LogP contribution in [-0.2, 0) is 13.0 Å². The normalized spacial score (nSPS) is 10.8. The summed E-state index contributed by atoms with van der Waals surface area (Å²) in [4.78, 5) is 42.5. The lowest BCUT2D eigenvalue weighted by Gasteiger charge is -2.17. The Morgan fingerprint density at radius 2 is 1.84 bits per heavy atom. The summed E-state index contributed by atoms with van der Waals surface area (Å²) < 4.78 is 1.97. The number of pyridine rings is 2. The molecule has 10 heteroatoms. The Hall–Kier alpha value is -5.66. The standard InChI is InChI=1S/C33H25N7O2S/c1-39(32(42)24-7-3-2-4-8-24)26-9-10-28-27(17-26)37-33(40(28)15-13-22-6-5-14-35-19-22)38-31(41)30-12-11-29(43-30)25-16-23(18-34)20-36-21-25/h2-12,14,16-17,19-21H,13,15H2,1H3,(H,37,38,41). The van der Waals surface area contributed by atoms with Crippen molar-refractivity contribution < 1.29 is 9.59 Å². The van der Waals surface area contributed by atoms with E-state index in [9.17, 15) is 14.9 Å². The molecule has 6 rings (SSSR count). The fourth-order valence-corrected chi connectivity index (χ4v) is 5.62. The van der Waals surface area contributed by atoms with E-state index >= 15 is 0 Å². The molecule has 4 heterocycles. The summed E-state index contributed by atoms with van der Waals surface area (Å²) >= 11 is 1.31. The van der Waals surface area contributed by atoms with Crippen LogP contribution in [0.15, 0.2) is 104 Å². The van der Waals surface area contributed by atoms with E-state index in [0.717, 1.165) is 21.5 Å². The van der Waals surface area contributed by atoms with Gasteiger partial charge >= 0.3 is 0 Å². The minimum atomic E-state index is -0.296. The van der Waals surface area contributed by atoms with E-state index in [0.29, 0.717) is 46.1 Å². The Labute approximate surface area is 251 Å². The van der Waals surface area contributed by atoms with Gasteiger partial charge in [0.05, 0.1) is 21.5 Å². The molecule has 0 aliphatic rings. The number of fused-ring (bicyclic) bond motifs is 1. The van der Waals surface area contributed by atoms with Gasteiger partial charge in [0.1, 0.15) is 6.07 Å². The number of anilines is 2. The van der Waals surface area contributed by atoms with Crippen molar-refractivity contribution in [2.75, 3.05) is 17.3 Å². The summed E-state index contributed by atoms with van der Waals surface area (Å²) in [7, 11) is 1.73. The minimum absolute atomic E-state index is 0.131. The van der Waals surface area contributed by atoms with E-state index in [1.54, 1.807) is 48.6 Å². The van der Waals surface area contributed by atoms with Gasteiger partial charge < -0.3 is 9.47 Å². The summed E-state index contributed by atoms with van der Waals surface area (Å²) in [5.74, 6) is -0.0233. The third-order valence-electron chi connectivity index (χ3n) is 7.00. The first kappa shape index (κ1) is 27.5. The van der Waals surface area contributed by atoms with Crippen LogP contribution in [0.25, 0.3) is 21.5 Å². The van der Waals surface area contributed by atoms with E-state index in [1.807, 2.05) is 65.4 Å². The average Bonchev–Trinajstić information content (AvgIpc) is 3.69. The number of aryl methyl sites for hydroxylation is 2. The lowest BCUT2D eigenvalue weighted by atomic mass is 10.2. The number of rotatable bonds is 8. The highest BCUT2D eigenvalue weighted by molar-refractivity contribution is 7.17. The van der Waals surface area contributed by atoms with Gasteiger partial charge in [-0.05, 0) is 66.6 Å². The quantitative estimate of drug-likeness (QED) is 0.228. The van der Waals surface area contributed by atoms with Crippen LogP contribution in [0.1, 0.15) is 31.2 Å². The van der Waals surface area contributed by atoms with Crippen LogP contribution >= 0.6 is 11.3 Å². The van der Waals surface area contributed by atoms with Crippen LogP contribution in [0.3, 0.4) is 0 Å². The van der Waals surface area contributed by atoms with Crippen LogP contribution in [0, 0.1) is 11.3 Å². The zero-order chi connectivity index (χ0) is 29.8. The van der Waals surface area contributed by atoms with Crippen LogP contribution in [0.4, 0.5) is 11.6 Å².